The Morgan fingerprint density at radius 2 is 1.72 bits per heavy atom. The summed E-state index contributed by atoms with van der Waals surface area (Å²) in [5.74, 6) is -0.183. The lowest BCUT2D eigenvalue weighted by Crippen LogP contribution is -2.27. The van der Waals surface area contributed by atoms with E-state index in [1.54, 1.807) is 24.3 Å². The van der Waals surface area contributed by atoms with Gasteiger partial charge in [0.15, 0.2) is 0 Å². The highest BCUT2D eigenvalue weighted by Gasteiger charge is 2.19. The average Bonchev–Trinajstić information content (AvgIpc) is 3.31. The number of rotatable bonds is 3. The highest BCUT2D eigenvalue weighted by atomic mass is 32.1. The van der Waals surface area contributed by atoms with E-state index in [0.29, 0.717) is 16.9 Å². The van der Waals surface area contributed by atoms with Crippen molar-refractivity contribution in [1.82, 2.24) is 9.27 Å². The fourth-order valence-corrected chi connectivity index (χ4v) is 3.81. The Bertz CT molecular complexity index is 927. The summed E-state index contributed by atoms with van der Waals surface area (Å²) < 4.78 is 5.24. The highest BCUT2D eigenvalue weighted by molar-refractivity contribution is 7.13. The third-order valence-corrected chi connectivity index (χ3v) is 5.20. The molecule has 1 saturated heterocycles. The number of fused-ring (bicyclic) bond motifs is 1. The van der Waals surface area contributed by atoms with Gasteiger partial charge in [0.2, 0.25) is 0 Å². The highest BCUT2D eigenvalue weighted by Crippen LogP contribution is 2.23. The van der Waals surface area contributed by atoms with Gasteiger partial charge in [0.1, 0.15) is 5.69 Å². The van der Waals surface area contributed by atoms with Crippen LogP contribution >= 0.6 is 11.5 Å². The van der Waals surface area contributed by atoms with Crippen LogP contribution in [-0.2, 0) is 0 Å². The summed E-state index contributed by atoms with van der Waals surface area (Å²) in [5.41, 5.74) is 1.73. The molecule has 6 heteroatoms. The number of nitrogens with one attached hydrogen (secondary N) is 1. The molecular weight excluding hydrogens is 334 g/mol. The van der Waals surface area contributed by atoms with E-state index < -0.39 is 0 Å². The molecule has 2 heterocycles. The predicted molar refractivity (Wildman–Crippen MR) is 99.2 cm³/mol. The molecule has 0 spiro atoms. The largest absolute Gasteiger partial charge is 0.339 e. The smallest absolute Gasteiger partial charge is 0.276 e. The molecule has 1 aliphatic rings. The zero-order valence-electron chi connectivity index (χ0n) is 13.6. The second-order valence-corrected chi connectivity index (χ2v) is 6.86. The molecule has 0 aliphatic carbocycles. The van der Waals surface area contributed by atoms with Crippen LogP contribution in [0.25, 0.3) is 10.1 Å². The molecule has 4 rings (SSSR count). The van der Waals surface area contributed by atoms with Crippen LogP contribution in [-0.4, -0.2) is 34.2 Å². The van der Waals surface area contributed by atoms with E-state index in [1.807, 2.05) is 29.2 Å². The monoisotopic (exact) mass is 351 g/mol. The third-order valence-electron chi connectivity index (χ3n) is 4.38. The fraction of sp³-hybridized carbons (Fsp3) is 0.211. The minimum Gasteiger partial charge on any atom is -0.339 e. The number of hydrogen-bond acceptors (Lipinski definition) is 4. The van der Waals surface area contributed by atoms with Gasteiger partial charge in [-0.2, -0.15) is 4.37 Å². The Labute approximate surface area is 149 Å². The van der Waals surface area contributed by atoms with Gasteiger partial charge in [-0.15, -0.1) is 0 Å². The molecule has 2 amide bonds. The van der Waals surface area contributed by atoms with Crippen molar-refractivity contribution in [3.05, 3.63) is 59.8 Å². The van der Waals surface area contributed by atoms with E-state index in [2.05, 4.69) is 9.69 Å². The molecule has 2 aromatic carbocycles. The Morgan fingerprint density at radius 3 is 2.48 bits per heavy atom. The number of aromatic nitrogens is 1. The Kier molecular flexibility index (Phi) is 4.19. The van der Waals surface area contributed by atoms with E-state index in [4.69, 9.17) is 0 Å². The SMILES string of the molecule is O=C(Nc1ccc(C(=O)N2CCCC2)cc1)c1nsc2ccccc12. The lowest BCUT2D eigenvalue weighted by molar-refractivity contribution is 0.0792. The second kappa shape index (κ2) is 6.64. The number of hydrogen-bond donors (Lipinski definition) is 1. The van der Waals surface area contributed by atoms with Gasteiger partial charge >= 0.3 is 0 Å². The van der Waals surface area contributed by atoms with Crippen LogP contribution in [0.4, 0.5) is 5.69 Å². The molecule has 25 heavy (non-hydrogen) atoms. The fourth-order valence-electron chi connectivity index (χ4n) is 3.04. The van der Waals surface area contributed by atoms with Crippen LogP contribution in [0.3, 0.4) is 0 Å². The van der Waals surface area contributed by atoms with Crippen molar-refractivity contribution >= 4 is 39.1 Å². The summed E-state index contributed by atoms with van der Waals surface area (Å²) in [7, 11) is 0. The van der Waals surface area contributed by atoms with Crippen molar-refractivity contribution < 1.29 is 9.59 Å². The maximum Gasteiger partial charge on any atom is 0.276 e. The van der Waals surface area contributed by atoms with Gasteiger partial charge in [-0.05, 0) is 54.7 Å². The van der Waals surface area contributed by atoms with E-state index in [-0.39, 0.29) is 11.8 Å². The van der Waals surface area contributed by atoms with Gasteiger partial charge in [-0.3, -0.25) is 9.59 Å². The number of nitrogens with zero attached hydrogens (tertiary/aromatic N) is 2. The van der Waals surface area contributed by atoms with Crippen molar-refractivity contribution in [2.24, 2.45) is 0 Å². The van der Waals surface area contributed by atoms with Crippen molar-refractivity contribution in [3.8, 4) is 0 Å². The molecule has 1 aliphatic heterocycles. The summed E-state index contributed by atoms with van der Waals surface area (Å²) in [5, 5.41) is 3.71. The third kappa shape index (κ3) is 3.13. The van der Waals surface area contributed by atoms with Gasteiger partial charge in [0.25, 0.3) is 11.8 Å². The molecule has 126 valence electrons. The summed E-state index contributed by atoms with van der Waals surface area (Å²) >= 11 is 1.31. The molecule has 1 aromatic heterocycles. The van der Waals surface area contributed by atoms with Crippen molar-refractivity contribution in [1.29, 1.82) is 0 Å². The zero-order chi connectivity index (χ0) is 17.2. The summed E-state index contributed by atoms with van der Waals surface area (Å²) in [4.78, 5) is 26.7. The van der Waals surface area contributed by atoms with E-state index in [1.165, 1.54) is 11.5 Å². The van der Waals surface area contributed by atoms with E-state index in [9.17, 15) is 9.59 Å². The van der Waals surface area contributed by atoms with E-state index in [0.717, 1.165) is 36.0 Å². The minimum atomic E-state index is -0.240. The predicted octanol–water partition coefficient (Wildman–Crippen LogP) is 3.78. The normalized spacial score (nSPS) is 14.0. The molecule has 0 saturated carbocycles. The van der Waals surface area contributed by atoms with Crippen molar-refractivity contribution in [2.75, 3.05) is 18.4 Å². The minimum absolute atomic E-state index is 0.0564. The molecule has 1 N–H and O–H groups in total. The Morgan fingerprint density at radius 1 is 1.00 bits per heavy atom. The molecule has 0 atom stereocenters. The molecule has 0 bridgehead atoms. The first-order valence-electron chi connectivity index (χ1n) is 8.27. The first kappa shape index (κ1) is 15.8. The van der Waals surface area contributed by atoms with Gasteiger partial charge < -0.3 is 10.2 Å². The lowest BCUT2D eigenvalue weighted by Gasteiger charge is -2.15. The lowest BCUT2D eigenvalue weighted by atomic mass is 10.1. The molecule has 1 fully saturated rings. The summed E-state index contributed by atoms with van der Waals surface area (Å²) in [6.45, 7) is 1.66. The van der Waals surface area contributed by atoms with Gasteiger partial charge in [0.05, 0.1) is 4.70 Å². The van der Waals surface area contributed by atoms with Crippen LogP contribution in [0.15, 0.2) is 48.5 Å². The van der Waals surface area contributed by atoms with Gasteiger partial charge in [-0.1, -0.05) is 18.2 Å². The number of likely N-dealkylation sites (tertiary alicyclic amines) is 1. The maximum absolute atomic E-state index is 12.5. The molecular formula is C19H17N3O2S. The number of carbonyl (C=O) groups excluding carboxylic acids is 2. The van der Waals surface area contributed by atoms with Crippen molar-refractivity contribution in [3.63, 3.8) is 0 Å². The number of anilines is 1. The number of benzene rings is 2. The quantitative estimate of drug-likeness (QED) is 0.781. The first-order chi connectivity index (χ1) is 12.2. The van der Waals surface area contributed by atoms with Crippen LogP contribution in [0.5, 0.6) is 0 Å². The molecule has 0 radical (unpaired) electrons. The molecule has 0 unspecified atom stereocenters. The Hall–Kier alpha value is -2.73. The summed E-state index contributed by atoms with van der Waals surface area (Å²) in [6.07, 6.45) is 2.14. The van der Waals surface area contributed by atoms with Gasteiger partial charge in [0, 0.05) is 29.7 Å². The van der Waals surface area contributed by atoms with Crippen LogP contribution in [0.2, 0.25) is 0 Å². The average molecular weight is 351 g/mol. The molecule has 3 aromatic rings. The standard InChI is InChI=1S/C19H17N3O2S/c23-18(17-15-5-1-2-6-16(15)25-21-17)20-14-9-7-13(8-10-14)19(24)22-11-3-4-12-22/h1-2,5-10H,3-4,11-12H2,(H,20,23). The van der Waals surface area contributed by atoms with Crippen LogP contribution in [0.1, 0.15) is 33.7 Å². The second-order valence-electron chi connectivity index (χ2n) is 6.06. The zero-order valence-corrected chi connectivity index (χ0v) is 14.4. The number of amides is 2. The summed E-state index contributed by atoms with van der Waals surface area (Å²) in [6, 6.07) is 14.7. The first-order valence-corrected chi connectivity index (χ1v) is 9.05. The van der Waals surface area contributed by atoms with Crippen LogP contribution in [0, 0.1) is 0 Å². The van der Waals surface area contributed by atoms with E-state index >= 15 is 0 Å². The number of carbonyl (C=O) groups is 2. The maximum atomic E-state index is 12.5. The topological polar surface area (TPSA) is 62.3 Å². The Balaban J connectivity index is 1.49. The van der Waals surface area contributed by atoms with Crippen LogP contribution < -0.4 is 5.32 Å². The molecule has 5 nitrogen and oxygen atoms in total. The van der Waals surface area contributed by atoms with Gasteiger partial charge in [-0.25, -0.2) is 0 Å². The van der Waals surface area contributed by atoms with Crippen molar-refractivity contribution in [2.45, 2.75) is 12.8 Å².